The van der Waals surface area contributed by atoms with Gasteiger partial charge in [-0.25, -0.2) is 0 Å². The van der Waals surface area contributed by atoms with E-state index in [1.165, 1.54) is 6.07 Å². The Bertz CT molecular complexity index is 348. The molecule has 0 aromatic heterocycles. The molecule has 0 radical (unpaired) electrons. The van der Waals surface area contributed by atoms with Crippen LogP contribution >= 0.6 is 0 Å². The Kier molecular flexibility index (Phi) is 4.18. The van der Waals surface area contributed by atoms with Crippen molar-refractivity contribution in [3.63, 3.8) is 0 Å². The predicted octanol–water partition coefficient (Wildman–Crippen LogP) is 3.03. The number of rotatable bonds is 4. The molecule has 1 aromatic rings. The van der Waals surface area contributed by atoms with E-state index in [0.29, 0.717) is 17.5 Å². The number of hydrogen-bond acceptors (Lipinski definition) is 2. The van der Waals surface area contributed by atoms with Crippen molar-refractivity contribution in [3.8, 4) is 5.75 Å². The van der Waals surface area contributed by atoms with Gasteiger partial charge in [-0.05, 0) is 23.6 Å². The van der Waals surface area contributed by atoms with E-state index >= 15 is 0 Å². The average molecular weight is 234 g/mol. The van der Waals surface area contributed by atoms with Crippen LogP contribution in [-0.2, 0) is 13.0 Å². The van der Waals surface area contributed by atoms with Crippen molar-refractivity contribution in [2.45, 2.75) is 32.7 Å². The van der Waals surface area contributed by atoms with Gasteiger partial charge in [0.25, 0.3) is 0 Å². The van der Waals surface area contributed by atoms with Crippen LogP contribution in [-0.4, -0.2) is 11.5 Å². The molecule has 0 aliphatic heterocycles. The first-order valence-electron chi connectivity index (χ1n) is 4.94. The number of hydrogen-bond donors (Lipinski definition) is 1. The standard InChI is InChI=1S/C11H13F3O2/c1-2-3-9-5-4-8(7-15)6-10(9)16-11(12,13)14/h4-6,15H,2-3,7H2,1H3. The lowest BCUT2D eigenvalue weighted by Gasteiger charge is -2.13. The van der Waals surface area contributed by atoms with Crippen LogP contribution in [0, 0.1) is 0 Å². The van der Waals surface area contributed by atoms with Crippen LogP contribution in [0.5, 0.6) is 5.75 Å². The second-order valence-electron chi connectivity index (χ2n) is 3.40. The summed E-state index contributed by atoms with van der Waals surface area (Å²) in [4.78, 5) is 0. The third-order valence-corrected chi connectivity index (χ3v) is 2.06. The van der Waals surface area contributed by atoms with Gasteiger partial charge in [0.2, 0.25) is 0 Å². The Morgan fingerprint density at radius 2 is 2.00 bits per heavy atom. The molecule has 1 aromatic carbocycles. The molecule has 0 bridgehead atoms. The van der Waals surface area contributed by atoms with Crippen molar-refractivity contribution in [1.82, 2.24) is 0 Å². The zero-order valence-corrected chi connectivity index (χ0v) is 8.84. The van der Waals surface area contributed by atoms with Crippen LogP contribution in [0.4, 0.5) is 13.2 Å². The SMILES string of the molecule is CCCc1ccc(CO)cc1OC(F)(F)F. The van der Waals surface area contributed by atoms with E-state index in [4.69, 9.17) is 5.11 Å². The lowest BCUT2D eigenvalue weighted by atomic mass is 10.1. The van der Waals surface area contributed by atoms with E-state index in [1.54, 1.807) is 12.1 Å². The maximum atomic E-state index is 12.1. The van der Waals surface area contributed by atoms with Gasteiger partial charge in [-0.2, -0.15) is 0 Å². The summed E-state index contributed by atoms with van der Waals surface area (Å²) >= 11 is 0. The zero-order chi connectivity index (χ0) is 12.2. The zero-order valence-electron chi connectivity index (χ0n) is 8.84. The summed E-state index contributed by atoms with van der Waals surface area (Å²) in [6.45, 7) is 1.57. The van der Waals surface area contributed by atoms with Crippen molar-refractivity contribution in [1.29, 1.82) is 0 Å². The maximum absolute atomic E-state index is 12.1. The Hall–Kier alpha value is -1.23. The Morgan fingerprint density at radius 3 is 2.50 bits per heavy atom. The Labute approximate surface area is 91.7 Å². The van der Waals surface area contributed by atoms with Gasteiger partial charge < -0.3 is 9.84 Å². The first-order valence-corrected chi connectivity index (χ1v) is 4.94. The smallest absolute Gasteiger partial charge is 0.405 e. The molecule has 1 N–H and O–H groups in total. The van der Waals surface area contributed by atoms with Crippen LogP contribution in [0.15, 0.2) is 18.2 Å². The fraction of sp³-hybridized carbons (Fsp3) is 0.455. The molecule has 0 saturated heterocycles. The van der Waals surface area contributed by atoms with Gasteiger partial charge in [0, 0.05) is 0 Å². The highest BCUT2D eigenvalue weighted by Gasteiger charge is 2.32. The highest BCUT2D eigenvalue weighted by Crippen LogP contribution is 2.28. The van der Waals surface area contributed by atoms with Gasteiger partial charge in [0.1, 0.15) is 5.75 Å². The quantitative estimate of drug-likeness (QED) is 0.867. The second kappa shape index (κ2) is 5.21. The topological polar surface area (TPSA) is 29.5 Å². The summed E-state index contributed by atoms with van der Waals surface area (Å²) in [5.74, 6) is -0.221. The van der Waals surface area contributed by atoms with Crippen molar-refractivity contribution < 1.29 is 23.0 Å². The molecule has 90 valence electrons. The minimum atomic E-state index is -4.70. The molecule has 16 heavy (non-hydrogen) atoms. The molecule has 0 fully saturated rings. The number of aliphatic hydroxyl groups excluding tert-OH is 1. The molecular formula is C11H13F3O2. The van der Waals surface area contributed by atoms with Gasteiger partial charge in [0.15, 0.2) is 0 Å². The number of halogens is 3. The first kappa shape index (κ1) is 12.8. The lowest BCUT2D eigenvalue weighted by molar-refractivity contribution is -0.274. The van der Waals surface area contributed by atoms with E-state index in [1.807, 2.05) is 6.92 Å². The molecule has 0 heterocycles. The summed E-state index contributed by atoms with van der Waals surface area (Å²) in [5, 5.41) is 8.84. The van der Waals surface area contributed by atoms with Crippen molar-refractivity contribution >= 4 is 0 Å². The Balaban J connectivity index is 3.00. The molecule has 0 unspecified atom stereocenters. The molecule has 2 nitrogen and oxygen atoms in total. The van der Waals surface area contributed by atoms with Gasteiger partial charge in [-0.15, -0.1) is 13.2 Å². The van der Waals surface area contributed by atoms with Gasteiger partial charge >= 0.3 is 6.36 Å². The van der Waals surface area contributed by atoms with Crippen LogP contribution in [0.1, 0.15) is 24.5 Å². The highest BCUT2D eigenvalue weighted by molar-refractivity contribution is 5.37. The molecule has 0 aliphatic carbocycles. The third-order valence-electron chi connectivity index (χ3n) is 2.06. The van der Waals surface area contributed by atoms with E-state index < -0.39 is 6.36 Å². The monoisotopic (exact) mass is 234 g/mol. The number of aliphatic hydroxyl groups is 1. The van der Waals surface area contributed by atoms with E-state index in [9.17, 15) is 13.2 Å². The molecule has 0 spiro atoms. The average Bonchev–Trinajstić information content (AvgIpc) is 2.18. The second-order valence-corrected chi connectivity index (χ2v) is 3.40. The molecule has 5 heteroatoms. The fourth-order valence-corrected chi connectivity index (χ4v) is 1.39. The fourth-order valence-electron chi connectivity index (χ4n) is 1.39. The molecule has 0 saturated carbocycles. The molecular weight excluding hydrogens is 221 g/mol. The first-order chi connectivity index (χ1) is 7.46. The van der Waals surface area contributed by atoms with Gasteiger partial charge in [0.05, 0.1) is 6.61 Å². The molecule has 1 rings (SSSR count). The number of ether oxygens (including phenoxy) is 1. The van der Waals surface area contributed by atoms with Gasteiger partial charge in [-0.3, -0.25) is 0 Å². The molecule has 0 atom stereocenters. The molecule has 0 amide bonds. The van der Waals surface area contributed by atoms with E-state index in [2.05, 4.69) is 4.74 Å². The van der Waals surface area contributed by atoms with E-state index in [-0.39, 0.29) is 12.4 Å². The van der Waals surface area contributed by atoms with E-state index in [0.717, 1.165) is 6.42 Å². The van der Waals surface area contributed by atoms with Crippen LogP contribution in [0.25, 0.3) is 0 Å². The van der Waals surface area contributed by atoms with Crippen LogP contribution in [0.2, 0.25) is 0 Å². The van der Waals surface area contributed by atoms with Crippen molar-refractivity contribution in [2.75, 3.05) is 0 Å². The van der Waals surface area contributed by atoms with Crippen LogP contribution in [0.3, 0.4) is 0 Å². The summed E-state index contributed by atoms with van der Waals surface area (Å²) in [7, 11) is 0. The predicted molar refractivity (Wildman–Crippen MR) is 53.0 cm³/mol. The van der Waals surface area contributed by atoms with Crippen molar-refractivity contribution in [2.24, 2.45) is 0 Å². The lowest BCUT2D eigenvalue weighted by Crippen LogP contribution is -2.18. The Morgan fingerprint density at radius 1 is 1.31 bits per heavy atom. The minimum Gasteiger partial charge on any atom is -0.405 e. The molecule has 0 aliphatic rings. The summed E-state index contributed by atoms with van der Waals surface area (Å²) in [6, 6.07) is 4.36. The normalized spacial score (nSPS) is 11.6. The van der Waals surface area contributed by atoms with Crippen LogP contribution < -0.4 is 4.74 Å². The summed E-state index contributed by atoms with van der Waals surface area (Å²) in [5.41, 5.74) is 0.899. The third kappa shape index (κ3) is 3.73. The minimum absolute atomic E-state index is 0.221. The number of alkyl halides is 3. The number of benzene rings is 1. The summed E-state index contributed by atoms with van der Waals surface area (Å²) in [6.07, 6.45) is -3.46. The summed E-state index contributed by atoms with van der Waals surface area (Å²) < 4.78 is 40.3. The number of aryl methyl sites for hydroxylation is 1. The maximum Gasteiger partial charge on any atom is 0.573 e. The highest BCUT2D eigenvalue weighted by atomic mass is 19.4. The van der Waals surface area contributed by atoms with Crippen molar-refractivity contribution in [3.05, 3.63) is 29.3 Å². The largest absolute Gasteiger partial charge is 0.573 e. The van der Waals surface area contributed by atoms with Gasteiger partial charge in [-0.1, -0.05) is 25.5 Å².